The Hall–Kier alpha value is -3.02. The van der Waals surface area contributed by atoms with Crippen molar-refractivity contribution in [1.29, 1.82) is 0 Å². The number of anilines is 1. The zero-order valence-electron chi connectivity index (χ0n) is 17.9. The van der Waals surface area contributed by atoms with E-state index >= 15 is 0 Å². The molecule has 2 aromatic rings. The number of nitrogens with zero attached hydrogens (tertiary/aromatic N) is 1. The van der Waals surface area contributed by atoms with E-state index in [2.05, 4.69) is 19.2 Å². The van der Waals surface area contributed by atoms with Gasteiger partial charge in [-0.1, -0.05) is 32.0 Å². The number of carbonyl (C=O) groups is 2. The predicted octanol–water partition coefficient (Wildman–Crippen LogP) is 4.22. The molecular weight excluding hydrogens is 380 g/mol. The lowest BCUT2D eigenvalue weighted by Gasteiger charge is -2.31. The minimum atomic E-state index is -0.119. The molecule has 0 atom stereocenters. The summed E-state index contributed by atoms with van der Waals surface area (Å²) >= 11 is 0. The summed E-state index contributed by atoms with van der Waals surface area (Å²) in [6, 6.07) is 14.7. The second-order valence-corrected chi connectivity index (χ2v) is 7.99. The van der Waals surface area contributed by atoms with Crippen molar-refractivity contribution in [2.45, 2.75) is 26.7 Å². The minimum Gasteiger partial charge on any atom is -0.493 e. The molecule has 0 bridgehead atoms. The van der Waals surface area contributed by atoms with Crippen molar-refractivity contribution in [2.75, 3.05) is 32.1 Å². The van der Waals surface area contributed by atoms with Crippen LogP contribution in [0.3, 0.4) is 0 Å². The van der Waals surface area contributed by atoms with Gasteiger partial charge >= 0.3 is 0 Å². The number of nitrogens with one attached hydrogen (secondary N) is 1. The summed E-state index contributed by atoms with van der Waals surface area (Å²) in [4.78, 5) is 27.2. The Morgan fingerprint density at radius 2 is 1.77 bits per heavy atom. The molecule has 0 unspecified atom stereocenters. The van der Waals surface area contributed by atoms with Crippen molar-refractivity contribution in [3.05, 3.63) is 54.1 Å². The molecule has 0 aromatic heterocycles. The van der Waals surface area contributed by atoms with Crippen LogP contribution < -0.4 is 14.8 Å². The number of hydrogen-bond donors (Lipinski definition) is 1. The standard InChI is InChI=1S/C24H30N2O4/c1-17(2)16-30-22-15-20(9-10-21(22)29-3)25-23(27)18-11-13-26(14-12-18)24(28)19-7-5-4-6-8-19/h4-10,15,17-18H,11-14,16H2,1-3H3,(H,25,27). The quantitative estimate of drug-likeness (QED) is 0.742. The summed E-state index contributed by atoms with van der Waals surface area (Å²) in [6.45, 7) is 5.88. The molecule has 160 valence electrons. The molecule has 1 N–H and O–H groups in total. The number of rotatable bonds is 7. The van der Waals surface area contributed by atoms with E-state index in [0.29, 0.717) is 61.2 Å². The molecule has 1 heterocycles. The number of likely N-dealkylation sites (tertiary alicyclic amines) is 1. The third-order valence-electron chi connectivity index (χ3n) is 5.18. The first-order valence-electron chi connectivity index (χ1n) is 10.4. The van der Waals surface area contributed by atoms with Crippen LogP contribution >= 0.6 is 0 Å². The third kappa shape index (κ3) is 5.53. The molecular formula is C24H30N2O4. The van der Waals surface area contributed by atoms with Gasteiger partial charge < -0.3 is 19.7 Å². The van der Waals surface area contributed by atoms with Gasteiger partial charge in [-0.15, -0.1) is 0 Å². The molecule has 30 heavy (non-hydrogen) atoms. The van der Waals surface area contributed by atoms with Gasteiger partial charge in [-0.2, -0.15) is 0 Å². The zero-order chi connectivity index (χ0) is 21.5. The lowest BCUT2D eigenvalue weighted by atomic mass is 9.95. The van der Waals surface area contributed by atoms with Crippen LogP contribution in [-0.4, -0.2) is 43.5 Å². The van der Waals surface area contributed by atoms with Gasteiger partial charge in [0.05, 0.1) is 13.7 Å². The summed E-state index contributed by atoms with van der Waals surface area (Å²) in [6.07, 6.45) is 1.30. The van der Waals surface area contributed by atoms with Crippen molar-refractivity contribution in [3.63, 3.8) is 0 Å². The van der Waals surface area contributed by atoms with Gasteiger partial charge in [0.2, 0.25) is 5.91 Å². The largest absolute Gasteiger partial charge is 0.493 e. The Morgan fingerprint density at radius 3 is 2.40 bits per heavy atom. The van der Waals surface area contributed by atoms with Crippen molar-refractivity contribution in [1.82, 2.24) is 4.90 Å². The summed E-state index contributed by atoms with van der Waals surface area (Å²) in [5.41, 5.74) is 1.37. The molecule has 1 fully saturated rings. The maximum Gasteiger partial charge on any atom is 0.253 e. The number of ether oxygens (including phenoxy) is 2. The number of benzene rings is 2. The van der Waals surface area contributed by atoms with E-state index in [9.17, 15) is 9.59 Å². The van der Waals surface area contributed by atoms with E-state index in [1.54, 1.807) is 19.2 Å². The maximum absolute atomic E-state index is 12.8. The third-order valence-corrected chi connectivity index (χ3v) is 5.18. The van der Waals surface area contributed by atoms with E-state index < -0.39 is 0 Å². The van der Waals surface area contributed by atoms with Crippen molar-refractivity contribution in [3.8, 4) is 11.5 Å². The molecule has 0 aliphatic carbocycles. The average molecular weight is 411 g/mol. The Kier molecular flexibility index (Phi) is 7.33. The van der Waals surface area contributed by atoms with Crippen LogP contribution in [0.15, 0.2) is 48.5 Å². The molecule has 3 rings (SSSR count). The first-order chi connectivity index (χ1) is 14.5. The summed E-state index contributed by atoms with van der Waals surface area (Å²) in [5, 5.41) is 2.99. The van der Waals surface area contributed by atoms with Crippen molar-refractivity contribution >= 4 is 17.5 Å². The second kappa shape index (κ2) is 10.1. The molecule has 0 spiro atoms. The molecule has 1 aliphatic rings. The van der Waals surface area contributed by atoms with E-state index in [0.717, 1.165) is 0 Å². The van der Waals surface area contributed by atoms with Crippen LogP contribution in [0.25, 0.3) is 0 Å². The molecule has 0 saturated carbocycles. The number of methoxy groups -OCH3 is 1. The molecule has 2 amide bonds. The Balaban J connectivity index is 1.57. The lowest BCUT2D eigenvalue weighted by molar-refractivity contribution is -0.121. The molecule has 0 radical (unpaired) electrons. The van der Waals surface area contributed by atoms with Gasteiger partial charge in [0, 0.05) is 36.3 Å². The Morgan fingerprint density at radius 1 is 1.07 bits per heavy atom. The van der Waals surface area contributed by atoms with Gasteiger partial charge in [-0.3, -0.25) is 9.59 Å². The highest BCUT2D eigenvalue weighted by atomic mass is 16.5. The zero-order valence-corrected chi connectivity index (χ0v) is 17.9. The van der Waals surface area contributed by atoms with Crippen LogP contribution in [0.4, 0.5) is 5.69 Å². The van der Waals surface area contributed by atoms with Gasteiger partial charge in [-0.05, 0) is 43.0 Å². The first kappa shape index (κ1) is 21.7. The van der Waals surface area contributed by atoms with Crippen LogP contribution in [-0.2, 0) is 4.79 Å². The van der Waals surface area contributed by atoms with E-state index in [-0.39, 0.29) is 17.7 Å². The van der Waals surface area contributed by atoms with Crippen molar-refractivity contribution < 1.29 is 19.1 Å². The highest BCUT2D eigenvalue weighted by Gasteiger charge is 2.28. The highest BCUT2D eigenvalue weighted by molar-refractivity contribution is 5.95. The van der Waals surface area contributed by atoms with Gasteiger partial charge in [-0.25, -0.2) is 0 Å². The number of amides is 2. The predicted molar refractivity (Wildman–Crippen MR) is 117 cm³/mol. The topological polar surface area (TPSA) is 67.9 Å². The number of carbonyl (C=O) groups excluding carboxylic acids is 2. The molecule has 6 nitrogen and oxygen atoms in total. The first-order valence-corrected chi connectivity index (χ1v) is 10.4. The van der Waals surface area contributed by atoms with Crippen LogP contribution in [0.5, 0.6) is 11.5 Å². The monoisotopic (exact) mass is 410 g/mol. The van der Waals surface area contributed by atoms with Crippen LogP contribution in [0, 0.1) is 11.8 Å². The van der Waals surface area contributed by atoms with Gasteiger partial charge in [0.25, 0.3) is 5.91 Å². The minimum absolute atomic E-state index is 0.0246. The van der Waals surface area contributed by atoms with Crippen LogP contribution in [0.1, 0.15) is 37.0 Å². The highest BCUT2D eigenvalue weighted by Crippen LogP contribution is 2.31. The Labute approximate surface area is 178 Å². The molecule has 2 aromatic carbocycles. The SMILES string of the molecule is COc1ccc(NC(=O)C2CCN(C(=O)c3ccccc3)CC2)cc1OCC(C)C. The average Bonchev–Trinajstić information content (AvgIpc) is 2.78. The fraction of sp³-hybridized carbons (Fsp3) is 0.417. The second-order valence-electron chi connectivity index (χ2n) is 7.99. The van der Waals surface area contributed by atoms with E-state index in [4.69, 9.17) is 9.47 Å². The summed E-state index contributed by atoms with van der Waals surface area (Å²) < 4.78 is 11.2. The van der Waals surface area contributed by atoms with E-state index in [1.807, 2.05) is 41.3 Å². The summed E-state index contributed by atoms with van der Waals surface area (Å²) in [7, 11) is 1.60. The summed E-state index contributed by atoms with van der Waals surface area (Å²) in [5.74, 6) is 1.52. The van der Waals surface area contributed by atoms with Crippen molar-refractivity contribution in [2.24, 2.45) is 11.8 Å². The van der Waals surface area contributed by atoms with Gasteiger partial charge in [0.1, 0.15) is 0 Å². The fourth-order valence-corrected chi connectivity index (χ4v) is 3.48. The molecule has 6 heteroatoms. The van der Waals surface area contributed by atoms with E-state index in [1.165, 1.54) is 0 Å². The normalized spacial score (nSPS) is 14.5. The number of hydrogen-bond acceptors (Lipinski definition) is 4. The molecule has 1 saturated heterocycles. The van der Waals surface area contributed by atoms with Gasteiger partial charge in [0.15, 0.2) is 11.5 Å². The lowest BCUT2D eigenvalue weighted by Crippen LogP contribution is -2.41. The maximum atomic E-state index is 12.8. The Bertz CT molecular complexity index is 859. The number of piperidine rings is 1. The van der Waals surface area contributed by atoms with Crippen LogP contribution in [0.2, 0.25) is 0 Å². The smallest absolute Gasteiger partial charge is 0.253 e. The fourth-order valence-electron chi connectivity index (χ4n) is 3.48. The molecule has 1 aliphatic heterocycles.